The highest BCUT2D eigenvalue weighted by Gasteiger charge is 2.08. The van der Waals surface area contributed by atoms with Gasteiger partial charge in [0.2, 0.25) is 0 Å². The fourth-order valence-corrected chi connectivity index (χ4v) is 2.07. The number of allylic oxidation sites excluding steroid dienone is 4. The van der Waals surface area contributed by atoms with E-state index in [4.69, 9.17) is 16.3 Å². The number of aromatic nitrogens is 1. The molecular weight excluding hydrogens is 397 g/mol. The Morgan fingerprint density at radius 3 is 2.66 bits per heavy atom. The van der Waals surface area contributed by atoms with Gasteiger partial charge in [-0.1, -0.05) is 38.6 Å². The van der Waals surface area contributed by atoms with Crippen molar-refractivity contribution in [2.45, 2.75) is 26.2 Å². The topological polar surface area (TPSA) is 80.3 Å². The zero-order chi connectivity index (χ0) is 21.8. The fraction of sp³-hybridized carbons (Fsp3) is 0.286. The SMILES string of the molecule is C=C(CCNC(=O)c1ccc(C(C)C)nc1)NC(=O)CO/C=C/C=C(/Cl)C(=C)F. The molecular formula is C21H25ClFN3O3. The van der Waals surface area contributed by atoms with Crippen molar-refractivity contribution in [3.8, 4) is 0 Å². The van der Waals surface area contributed by atoms with Gasteiger partial charge in [0.05, 0.1) is 16.9 Å². The minimum Gasteiger partial charge on any atom is -0.491 e. The van der Waals surface area contributed by atoms with Crippen LogP contribution in [0.15, 0.2) is 66.5 Å². The number of nitrogens with one attached hydrogen (secondary N) is 2. The molecule has 1 aromatic heterocycles. The summed E-state index contributed by atoms with van der Waals surface area (Å²) in [5.41, 5.74) is 1.82. The molecule has 0 aromatic carbocycles. The normalized spacial score (nSPS) is 11.4. The summed E-state index contributed by atoms with van der Waals surface area (Å²) in [6, 6.07) is 3.55. The molecule has 0 spiro atoms. The average molecular weight is 422 g/mol. The van der Waals surface area contributed by atoms with E-state index in [0.717, 1.165) is 5.69 Å². The Kier molecular flexibility index (Phi) is 10.4. The second-order valence-electron chi connectivity index (χ2n) is 6.34. The second kappa shape index (κ2) is 12.5. The van der Waals surface area contributed by atoms with Gasteiger partial charge in [-0.15, -0.1) is 0 Å². The van der Waals surface area contributed by atoms with E-state index in [0.29, 0.717) is 30.1 Å². The third-order valence-electron chi connectivity index (χ3n) is 3.56. The number of carbonyl (C=O) groups is 2. The summed E-state index contributed by atoms with van der Waals surface area (Å²) in [4.78, 5) is 28.1. The minimum absolute atomic E-state index is 0.156. The van der Waals surface area contributed by atoms with Gasteiger partial charge in [-0.05, 0) is 30.2 Å². The fourth-order valence-electron chi connectivity index (χ4n) is 2.00. The van der Waals surface area contributed by atoms with Gasteiger partial charge in [-0.2, -0.15) is 0 Å². The van der Waals surface area contributed by atoms with Gasteiger partial charge < -0.3 is 15.4 Å². The molecule has 1 aromatic rings. The van der Waals surface area contributed by atoms with E-state index in [1.165, 1.54) is 24.6 Å². The van der Waals surface area contributed by atoms with Crippen LogP contribution in [0.2, 0.25) is 0 Å². The van der Waals surface area contributed by atoms with Crippen LogP contribution < -0.4 is 10.6 Å². The van der Waals surface area contributed by atoms with Crippen LogP contribution in [-0.4, -0.2) is 29.9 Å². The molecule has 0 fully saturated rings. The highest BCUT2D eigenvalue weighted by atomic mass is 35.5. The number of halogens is 2. The van der Waals surface area contributed by atoms with Gasteiger partial charge in [-0.25, -0.2) is 4.39 Å². The molecule has 0 atom stereocenters. The Labute approximate surface area is 175 Å². The third-order valence-corrected chi connectivity index (χ3v) is 3.89. The first-order chi connectivity index (χ1) is 13.7. The lowest BCUT2D eigenvalue weighted by Crippen LogP contribution is -2.30. The van der Waals surface area contributed by atoms with Gasteiger partial charge in [-0.3, -0.25) is 14.6 Å². The van der Waals surface area contributed by atoms with Gasteiger partial charge >= 0.3 is 0 Å². The Bertz CT molecular complexity index is 802. The molecule has 6 nitrogen and oxygen atoms in total. The van der Waals surface area contributed by atoms with Gasteiger partial charge in [0.15, 0.2) is 6.61 Å². The van der Waals surface area contributed by atoms with E-state index in [2.05, 4.69) is 28.8 Å². The highest BCUT2D eigenvalue weighted by Crippen LogP contribution is 2.13. The monoisotopic (exact) mass is 421 g/mol. The maximum atomic E-state index is 12.6. The number of hydrogen-bond donors (Lipinski definition) is 2. The van der Waals surface area contributed by atoms with Gasteiger partial charge in [0.1, 0.15) is 5.83 Å². The molecule has 2 N–H and O–H groups in total. The Balaban J connectivity index is 2.28. The summed E-state index contributed by atoms with van der Waals surface area (Å²) >= 11 is 5.51. The predicted octanol–water partition coefficient (Wildman–Crippen LogP) is 4.09. The zero-order valence-corrected chi connectivity index (χ0v) is 17.3. The minimum atomic E-state index is -0.763. The maximum Gasteiger partial charge on any atom is 0.261 e. The first kappa shape index (κ1) is 24.1. The van der Waals surface area contributed by atoms with Crippen molar-refractivity contribution in [2.24, 2.45) is 0 Å². The van der Waals surface area contributed by atoms with Crippen LogP contribution in [0.5, 0.6) is 0 Å². The van der Waals surface area contributed by atoms with Gasteiger partial charge in [0, 0.05) is 30.6 Å². The quantitative estimate of drug-likeness (QED) is 0.416. The van der Waals surface area contributed by atoms with Crippen molar-refractivity contribution in [3.05, 3.63) is 77.7 Å². The molecule has 2 amide bonds. The summed E-state index contributed by atoms with van der Waals surface area (Å²) in [5, 5.41) is 5.14. The number of amides is 2. The smallest absolute Gasteiger partial charge is 0.261 e. The molecule has 0 aliphatic carbocycles. The van der Waals surface area contributed by atoms with Crippen LogP contribution in [0.4, 0.5) is 4.39 Å². The average Bonchev–Trinajstić information content (AvgIpc) is 2.67. The van der Waals surface area contributed by atoms with Crippen LogP contribution in [0.25, 0.3) is 0 Å². The van der Waals surface area contributed by atoms with E-state index in [-0.39, 0.29) is 17.5 Å². The number of ether oxygens (including phenoxy) is 1. The maximum absolute atomic E-state index is 12.6. The predicted molar refractivity (Wildman–Crippen MR) is 112 cm³/mol. The Hall–Kier alpha value is -2.93. The lowest BCUT2D eigenvalue weighted by Gasteiger charge is -2.10. The van der Waals surface area contributed by atoms with Crippen LogP contribution in [-0.2, 0) is 9.53 Å². The standard InChI is InChI=1S/C21H25ClFN3O3/c1-14(2)19-8-7-17(12-25-19)21(28)24-10-9-15(3)26-20(27)13-29-11-5-6-18(22)16(4)23/h5-8,11-12,14H,3-4,9-10,13H2,1-2H3,(H,24,28)(H,26,27)/b11-5+,18-6+. The van der Waals surface area contributed by atoms with Crippen molar-refractivity contribution < 1.29 is 18.7 Å². The van der Waals surface area contributed by atoms with Crippen LogP contribution >= 0.6 is 11.6 Å². The van der Waals surface area contributed by atoms with Gasteiger partial charge in [0.25, 0.3) is 11.8 Å². The number of hydrogen-bond acceptors (Lipinski definition) is 4. The summed E-state index contributed by atoms with van der Waals surface area (Å²) in [5.74, 6) is -1.13. The molecule has 0 unspecified atom stereocenters. The molecule has 156 valence electrons. The van der Waals surface area contributed by atoms with Crippen LogP contribution in [0.1, 0.15) is 42.2 Å². The van der Waals surface area contributed by atoms with Crippen molar-refractivity contribution in [1.29, 1.82) is 0 Å². The largest absolute Gasteiger partial charge is 0.491 e. The number of carbonyl (C=O) groups excluding carboxylic acids is 2. The second-order valence-corrected chi connectivity index (χ2v) is 6.75. The summed E-state index contributed by atoms with van der Waals surface area (Å²) < 4.78 is 17.6. The number of pyridine rings is 1. The lowest BCUT2D eigenvalue weighted by atomic mass is 10.1. The molecule has 0 bridgehead atoms. The van der Waals surface area contributed by atoms with E-state index < -0.39 is 11.7 Å². The van der Waals surface area contributed by atoms with E-state index in [9.17, 15) is 14.0 Å². The molecule has 0 aliphatic rings. The van der Waals surface area contributed by atoms with E-state index >= 15 is 0 Å². The summed E-state index contributed by atoms with van der Waals surface area (Å²) in [6.07, 6.45) is 5.69. The van der Waals surface area contributed by atoms with Crippen molar-refractivity contribution in [1.82, 2.24) is 15.6 Å². The third kappa shape index (κ3) is 9.71. The Morgan fingerprint density at radius 2 is 2.07 bits per heavy atom. The molecule has 8 heteroatoms. The first-order valence-electron chi connectivity index (χ1n) is 8.91. The van der Waals surface area contributed by atoms with Crippen molar-refractivity contribution in [2.75, 3.05) is 13.2 Å². The highest BCUT2D eigenvalue weighted by molar-refractivity contribution is 6.31. The number of rotatable bonds is 11. The number of nitrogens with zero attached hydrogens (tertiary/aromatic N) is 1. The molecule has 29 heavy (non-hydrogen) atoms. The first-order valence-corrected chi connectivity index (χ1v) is 9.29. The summed E-state index contributed by atoms with van der Waals surface area (Å²) in [7, 11) is 0. The Morgan fingerprint density at radius 1 is 1.34 bits per heavy atom. The lowest BCUT2D eigenvalue weighted by molar-refractivity contribution is -0.123. The van der Waals surface area contributed by atoms with Crippen LogP contribution in [0.3, 0.4) is 0 Å². The van der Waals surface area contributed by atoms with E-state index in [1.54, 1.807) is 6.07 Å². The molecule has 1 heterocycles. The van der Waals surface area contributed by atoms with E-state index in [1.807, 2.05) is 19.9 Å². The molecule has 1 rings (SSSR count). The van der Waals surface area contributed by atoms with Crippen LogP contribution in [0, 0.1) is 0 Å². The molecule has 0 radical (unpaired) electrons. The molecule has 0 saturated heterocycles. The molecule has 0 saturated carbocycles. The zero-order valence-electron chi connectivity index (χ0n) is 16.5. The van der Waals surface area contributed by atoms with Crippen molar-refractivity contribution >= 4 is 23.4 Å². The summed E-state index contributed by atoms with van der Waals surface area (Å²) in [6.45, 7) is 10.9. The van der Waals surface area contributed by atoms with Crippen molar-refractivity contribution in [3.63, 3.8) is 0 Å². The molecule has 0 aliphatic heterocycles.